The molecule has 162 valence electrons. The van der Waals surface area contributed by atoms with Gasteiger partial charge >= 0.3 is 5.97 Å². The molecular weight excluding hydrogens is 400 g/mol. The monoisotopic (exact) mass is 424 g/mol. The van der Waals surface area contributed by atoms with E-state index in [-0.39, 0.29) is 30.8 Å². The average Bonchev–Trinajstić information content (AvgIpc) is 3.38. The van der Waals surface area contributed by atoms with Crippen molar-refractivity contribution in [1.29, 1.82) is 0 Å². The normalized spacial score (nSPS) is 11.5. The third-order valence-corrected chi connectivity index (χ3v) is 4.80. The summed E-state index contributed by atoms with van der Waals surface area (Å²) >= 11 is 0. The lowest BCUT2D eigenvalue weighted by Gasteiger charge is -2.08. The molecule has 9 nitrogen and oxygen atoms in total. The number of phenolic OH excluding ortho intramolecular Hbond substituents is 1. The van der Waals surface area contributed by atoms with Crippen LogP contribution in [0.3, 0.4) is 0 Å². The lowest BCUT2D eigenvalue weighted by Crippen LogP contribution is -2.17. The van der Waals surface area contributed by atoms with Gasteiger partial charge in [-0.2, -0.15) is 0 Å². The maximum Gasteiger partial charge on any atom is 0.333 e. The number of amides is 1. The van der Waals surface area contributed by atoms with Crippen molar-refractivity contribution in [2.45, 2.75) is 20.8 Å². The maximum absolute atomic E-state index is 11.9. The molecular formula is C22H24N4O5. The highest BCUT2D eigenvalue weighted by Crippen LogP contribution is 2.33. The Morgan fingerprint density at radius 3 is 2.52 bits per heavy atom. The molecule has 0 aliphatic rings. The molecule has 0 fully saturated rings. The van der Waals surface area contributed by atoms with E-state index in [1.54, 1.807) is 19.1 Å². The van der Waals surface area contributed by atoms with Crippen LogP contribution in [0.15, 0.2) is 48.6 Å². The SMILES string of the molecule is C=C(C)C(=O)OCCOc1ccc(-n2n3c4ccc(NC(=O)C(C)C)cc4n23)c(O)c1. The number of aromatic nitrogens is 3. The van der Waals surface area contributed by atoms with E-state index in [0.29, 0.717) is 17.0 Å². The largest absolute Gasteiger partial charge is 0.505 e. The summed E-state index contributed by atoms with van der Waals surface area (Å²) in [6.45, 7) is 9.03. The molecule has 0 radical (unpaired) electrons. The first kappa shape index (κ1) is 20.4. The molecule has 0 saturated heterocycles. The highest BCUT2D eigenvalue weighted by Gasteiger charge is 2.26. The number of aromatic hydroxyl groups is 1. The minimum absolute atomic E-state index is 0.0404. The van der Waals surface area contributed by atoms with Gasteiger partial charge in [0.2, 0.25) is 5.91 Å². The molecule has 0 aliphatic carbocycles. The van der Waals surface area contributed by atoms with Gasteiger partial charge in [-0.1, -0.05) is 20.4 Å². The van der Waals surface area contributed by atoms with Crippen LogP contribution < -0.4 is 10.1 Å². The molecule has 0 bridgehead atoms. The van der Waals surface area contributed by atoms with E-state index in [1.165, 1.54) is 6.07 Å². The van der Waals surface area contributed by atoms with Crippen molar-refractivity contribution >= 4 is 28.6 Å². The Labute approximate surface area is 178 Å². The molecule has 2 aromatic carbocycles. The van der Waals surface area contributed by atoms with Crippen molar-refractivity contribution in [1.82, 2.24) is 14.1 Å². The van der Waals surface area contributed by atoms with Crippen LogP contribution in [-0.2, 0) is 14.3 Å². The third kappa shape index (κ3) is 3.81. The molecule has 31 heavy (non-hydrogen) atoms. The molecule has 0 aliphatic heterocycles. The third-order valence-electron chi connectivity index (χ3n) is 4.80. The number of esters is 1. The maximum atomic E-state index is 11.9. The number of carbonyl (C=O) groups is 2. The number of phenols is 1. The van der Waals surface area contributed by atoms with E-state index < -0.39 is 5.97 Å². The van der Waals surface area contributed by atoms with E-state index in [9.17, 15) is 14.7 Å². The summed E-state index contributed by atoms with van der Waals surface area (Å²) in [6.07, 6.45) is 0. The van der Waals surface area contributed by atoms with Crippen LogP contribution in [0.25, 0.3) is 16.7 Å². The van der Waals surface area contributed by atoms with Crippen molar-refractivity contribution in [2.75, 3.05) is 18.5 Å². The zero-order valence-corrected chi connectivity index (χ0v) is 17.6. The first-order valence-electron chi connectivity index (χ1n) is 9.91. The molecule has 4 aromatic rings. The van der Waals surface area contributed by atoms with Gasteiger partial charge in [-0.25, -0.2) is 4.79 Å². The summed E-state index contributed by atoms with van der Waals surface area (Å²) in [6, 6.07) is 10.6. The number of rotatable bonds is 8. The van der Waals surface area contributed by atoms with Crippen LogP contribution in [0.1, 0.15) is 20.8 Å². The Morgan fingerprint density at radius 2 is 1.84 bits per heavy atom. The van der Waals surface area contributed by atoms with Gasteiger partial charge in [-0.3, -0.25) is 4.79 Å². The van der Waals surface area contributed by atoms with E-state index in [0.717, 1.165) is 16.7 Å². The van der Waals surface area contributed by atoms with Crippen LogP contribution in [-0.4, -0.2) is 44.3 Å². The second-order valence-electron chi connectivity index (χ2n) is 7.63. The van der Waals surface area contributed by atoms with E-state index in [4.69, 9.17) is 9.47 Å². The molecule has 1 amide bonds. The molecule has 0 saturated carbocycles. The zero-order valence-electron chi connectivity index (χ0n) is 17.6. The predicted octanol–water partition coefficient (Wildman–Crippen LogP) is 3.22. The van der Waals surface area contributed by atoms with Crippen LogP contribution in [0.5, 0.6) is 11.5 Å². The van der Waals surface area contributed by atoms with E-state index in [2.05, 4.69) is 11.9 Å². The standard InChI is InChI=1S/C22H24N4O5/c1-13(2)21(28)23-15-5-7-17-19(11-15)26-24(17)25(26)18-8-6-16(12-20(18)27)30-9-10-31-22(29)14(3)4/h5-8,11-13,27H,3,9-10H2,1-2,4H3,(H,23,28). The topological polar surface area (TPSA) is 98.6 Å². The fraction of sp³-hybridized carbons (Fsp3) is 0.273. The number of ether oxygens (including phenoxy) is 2. The summed E-state index contributed by atoms with van der Waals surface area (Å²) in [5.41, 5.74) is 3.55. The van der Waals surface area contributed by atoms with Gasteiger partial charge in [0.1, 0.15) is 41.4 Å². The van der Waals surface area contributed by atoms with Gasteiger partial charge in [0.05, 0.1) is 0 Å². The number of carbonyl (C=O) groups excluding carboxylic acids is 2. The van der Waals surface area contributed by atoms with Gasteiger partial charge in [-0.05, 0) is 37.3 Å². The van der Waals surface area contributed by atoms with Gasteiger partial charge in [0.15, 0.2) is 0 Å². The molecule has 2 heterocycles. The summed E-state index contributed by atoms with van der Waals surface area (Å²) in [5, 5.41) is 13.4. The van der Waals surface area contributed by atoms with Gasteiger partial charge in [0.25, 0.3) is 0 Å². The summed E-state index contributed by atoms with van der Waals surface area (Å²) in [4.78, 5) is 25.1. The smallest absolute Gasteiger partial charge is 0.333 e. The van der Waals surface area contributed by atoms with Gasteiger partial charge in [-0.15, -0.1) is 14.1 Å². The highest BCUT2D eigenvalue weighted by molar-refractivity contribution is 5.94. The Hall–Kier alpha value is -3.88. The van der Waals surface area contributed by atoms with Crippen molar-refractivity contribution < 1.29 is 24.2 Å². The molecule has 0 spiro atoms. The van der Waals surface area contributed by atoms with Crippen molar-refractivity contribution in [3.8, 4) is 17.2 Å². The molecule has 2 N–H and O–H groups in total. The van der Waals surface area contributed by atoms with Crippen molar-refractivity contribution in [3.05, 3.63) is 48.6 Å². The minimum Gasteiger partial charge on any atom is -0.505 e. The van der Waals surface area contributed by atoms with E-state index in [1.807, 2.05) is 46.1 Å². The summed E-state index contributed by atoms with van der Waals surface area (Å²) in [5.74, 6) is -0.0981. The molecule has 4 rings (SSSR count). The van der Waals surface area contributed by atoms with Crippen LogP contribution in [0.2, 0.25) is 0 Å². The number of anilines is 1. The highest BCUT2D eigenvalue weighted by atomic mass is 16.6. The summed E-state index contributed by atoms with van der Waals surface area (Å²) < 4.78 is 14.3. The first-order valence-corrected chi connectivity index (χ1v) is 9.91. The number of fused-ring (bicyclic) bond motifs is 4. The fourth-order valence-electron chi connectivity index (χ4n) is 3.09. The number of nitrogens with one attached hydrogen (secondary N) is 1. The summed E-state index contributed by atoms with van der Waals surface area (Å²) in [7, 11) is 0. The number of hydrogen-bond acceptors (Lipinski definition) is 5. The average molecular weight is 424 g/mol. The molecule has 0 unspecified atom stereocenters. The minimum atomic E-state index is -0.464. The van der Waals surface area contributed by atoms with E-state index >= 15 is 0 Å². The van der Waals surface area contributed by atoms with Crippen LogP contribution >= 0.6 is 0 Å². The lowest BCUT2D eigenvalue weighted by molar-refractivity contribution is -0.139. The second-order valence-corrected chi connectivity index (χ2v) is 7.63. The Kier molecular flexibility index (Phi) is 5.10. The Morgan fingerprint density at radius 1 is 1.10 bits per heavy atom. The number of benzene rings is 2. The fourth-order valence-corrected chi connectivity index (χ4v) is 3.09. The van der Waals surface area contributed by atoms with Crippen LogP contribution in [0.4, 0.5) is 5.69 Å². The molecule has 9 heteroatoms. The first-order chi connectivity index (χ1) is 14.8. The van der Waals surface area contributed by atoms with Gasteiger partial charge in [0, 0.05) is 23.2 Å². The predicted molar refractivity (Wildman–Crippen MR) is 115 cm³/mol. The Bertz CT molecular complexity index is 1280. The van der Waals surface area contributed by atoms with Crippen LogP contribution in [0, 0.1) is 5.92 Å². The molecule has 0 atom stereocenters. The lowest BCUT2D eigenvalue weighted by atomic mass is 10.2. The number of hydrogen-bond donors (Lipinski definition) is 2. The zero-order chi connectivity index (χ0) is 22.3. The molecule has 2 aromatic heterocycles. The quantitative estimate of drug-likeness (QED) is 0.257. The Balaban J connectivity index is 1.45. The second kappa shape index (κ2) is 7.75. The van der Waals surface area contributed by atoms with Crippen molar-refractivity contribution in [3.63, 3.8) is 0 Å². The van der Waals surface area contributed by atoms with Crippen molar-refractivity contribution in [2.24, 2.45) is 5.92 Å². The van der Waals surface area contributed by atoms with Gasteiger partial charge < -0.3 is 19.9 Å². The number of nitrogens with zero attached hydrogens (tertiary/aromatic N) is 3.